The lowest BCUT2D eigenvalue weighted by molar-refractivity contribution is 0.0925. The van der Waals surface area contributed by atoms with Gasteiger partial charge < -0.3 is 23.9 Å². The highest BCUT2D eigenvalue weighted by Crippen LogP contribution is 2.29. The van der Waals surface area contributed by atoms with Crippen LogP contribution in [0.3, 0.4) is 0 Å². The first kappa shape index (κ1) is 23.0. The molecular formula is C26H27ClN2O4. The van der Waals surface area contributed by atoms with Crippen LogP contribution in [0, 0.1) is 6.92 Å². The highest BCUT2D eigenvalue weighted by Gasteiger charge is 2.16. The molecule has 1 heterocycles. The molecule has 0 aliphatic heterocycles. The van der Waals surface area contributed by atoms with Crippen molar-refractivity contribution in [2.45, 2.75) is 26.0 Å². The molecule has 172 valence electrons. The van der Waals surface area contributed by atoms with Crippen LogP contribution in [0.2, 0.25) is 5.02 Å². The van der Waals surface area contributed by atoms with Gasteiger partial charge in [0.15, 0.2) is 11.5 Å². The fraction of sp³-hybridized carbons (Fsp3) is 0.269. The summed E-state index contributed by atoms with van der Waals surface area (Å²) in [5.41, 5.74) is 3.81. The number of halogens is 1. The number of imidazole rings is 1. The van der Waals surface area contributed by atoms with Gasteiger partial charge in [0, 0.05) is 11.4 Å². The number of hydrogen-bond acceptors (Lipinski definition) is 5. The van der Waals surface area contributed by atoms with Gasteiger partial charge in [0.25, 0.3) is 0 Å². The minimum atomic E-state index is -0.721. The van der Waals surface area contributed by atoms with Crippen LogP contribution in [-0.4, -0.2) is 41.6 Å². The maximum absolute atomic E-state index is 10.8. The van der Waals surface area contributed by atoms with Gasteiger partial charge in [-0.05, 0) is 60.5 Å². The molecule has 0 aliphatic carbocycles. The third kappa shape index (κ3) is 5.24. The second-order valence-corrected chi connectivity index (χ2v) is 8.30. The zero-order chi connectivity index (χ0) is 23.4. The monoisotopic (exact) mass is 466 g/mol. The van der Waals surface area contributed by atoms with Crippen molar-refractivity contribution in [2.75, 3.05) is 20.8 Å². The van der Waals surface area contributed by atoms with Gasteiger partial charge >= 0.3 is 0 Å². The molecule has 1 aromatic heterocycles. The number of aliphatic hydroxyl groups is 1. The molecule has 3 aromatic carbocycles. The Hall–Kier alpha value is -3.22. The summed E-state index contributed by atoms with van der Waals surface area (Å²) in [6.45, 7) is 2.44. The number of para-hydroxylation sites is 2. The van der Waals surface area contributed by atoms with E-state index in [1.807, 2.05) is 61.5 Å². The Morgan fingerprint density at radius 2 is 1.73 bits per heavy atom. The molecule has 0 spiro atoms. The van der Waals surface area contributed by atoms with E-state index >= 15 is 0 Å². The van der Waals surface area contributed by atoms with Crippen LogP contribution < -0.4 is 14.2 Å². The average molecular weight is 467 g/mol. The summed E-state index contributed by atoms with van der Waals surface area (Å²) in [5.74, 6) is 2.91. The summed E-state index contributed by atoms with van der Waals surface area (Å²) >= 11 is 6.02. The molecule has 0 radical (unpaired) electrons. The zero-order valence-corrected chi connectivity index (χ0v) is 19.7. The predicted molar refractivity (Wildman–Crippen MR) is 130 cm³/mol. The molecule has 0 amide bonds. The fourth-order valence-electron chi connectivity index (χ4n) is 3.86. The Morgan fingerprint density at radius 3 is 2.48 bits per heavy atom. The molecule has 1 atom stereocenters. The minimum Gasteiger partial charge on any atom is -0.493 e. The third-order valence-electron chi connectivity index (χ3n) is 5.51. The van der Waals surface area contributed by atoms with Crippen molar-refractivity contribution < 1.29 is 19.3 Å². The van der Waals surface area contributed by atoms with Crippen LogP contribution in [0.25, 0.3) is 11.0 Å². The molecule has 7 heteroatoms. The lowest BCUT2D eigenvalue weighted by Crippen LogP contribution is -2.25. The molecule has 0 fully saturated rings. The van der Waals surface area contributed by atoms with Gasteiger partial charge in [-0.3, -0.25) is 0 Å². The Labute approximate surface area is 198 Å². The number of hydrogen-bond donors (Lipinski definition) is 1. The molecule has 4 rings (SSSR count). The number of aryl methyl sites for hydroxylation is 1. The number of nitrogens with zero attached hydrogens (tertiary/aromatic N) is 2. The number of benzene rings is 3. The number of methoxy groups -OCH3 is 2. The van der Waals surface area contributed by atoms with E-state index in [2.05, 4.69) is 4.57 Å². The van der Waals surface area contributed by atoms with E-state index in [1.54, 1.807) is 20.3 Å². The Bertz CT molecular complexity index is 1250. The van der Waals surface area contributed by atoms with Gasteiger partial charge in [0.2, 0.25) is 0 Å². The standard InChI is InChI=1S/C26H27ClN2O4/c1-17-12-19(27)9-11-23(17)33-16-20(30)15-29-22-7-5-4-6-21(22)28-26(29)14-18-8-10-24(31-2)25(13-18)32-3/h4-13,20,30H,14-16H2,1-3H3. The first-order chi connectivity index (χ1) is 16.0. The van der Waals surface area contributed by atoms with Gasteiger partial charge in [-0.1, -0.05) is 29.8 Å². The average Bonchev–Trinajstić information content (AvgIpc) is 3.15. The molecule has 33 heavy (non-hydrogen) atoms. The quantitative estimate of drug-likeness (QED) is 0.374. The first-order valence-corrected chi connectivity index (χ1v) is 11.1. The molecule has 0 saturated carbocycles. The molecule has 1 N–H and O–H groups in total. The van der Waals surface area contributed by atoms with E-state index in [0.29, 0.717) is 35.2 Å². The molecular weight excluding hydrogens is 440 g/mol. The summed E-state index contributed by atoms with van der Waals surface area (Å²) in [5, 5.41) is 11.4. The zero-order valence-electron chi connectivity index (χ0n) is 18.9. The van der Waals surface area contributed by atoms with Gasteiger partial charge in [0.1, 0.15) is 24.3 Å². The second kappa shape index (κ2) is 10.1. The van der Waals surface area contributed by atoms with Crippen molar-refractivity contribution in [1.29, 1.82) is 0 Å². The number of aliphatic hydroxyl groups excluding tert-OH is 1. The van der Waals surface area contributed by atoms with E-state index in [1.165, 1.54) is 0 Å². The Morgan fingerprint density at radius 1 is 0.970 bits per heavy atom. The molecule has 4 aromatic rings. The molecule has 6 nitrogen and oxygen atoms in total. The lowest BCUT2D eigenvalue weighted by Gasteiger charge is -2.17. The fourth-order valence-corrected chi connectivity index (χ4v) is 4.09. The van der Waals surface area contributed by atoms with Crippen LogP contribution in [0.1, 0.15) is 17.0 Å². The smallest absolute Gasteiger partial charge is 0.161 e. The SMILES string of the molecule is COc1ccc(Cc2nc3ccccc3n2CC(O)COc2ccc(Cl)cc2C)cc1OC. The molecule has 0 bridgehead atoms. The van der Waals surface area contributed by atoms with Crippen molar-refractivity contribution in [3.8, 4) is 17.2 Å². The molecule has 0 saturated heterocycles. The Balaban J connectivity index is 1.56. The van der Waals surface area contributed by atoms with Gasteiger partial charge in [-0.15, -0.1) is 0 Å². The van der Waals surface area contributed by atoms with E-state index in [4.69, 9.17) is 30.8 Å². The van der Waals surface area contributed by atoms with E-state index in [0.717, 1.165) is 28.0 Å². The maximum Gasteiger partial charge on any atom is 0.161 e. The van der Waals surface area contributed by atoms with Crippen molar-refractivity contribution in [1.82, 2.24) is 9.55 Å². The highest BCUT2D eigenvalue weighted by atomic mass is 35.5. The largest absolute Gasteiger partial charge is 0.493 e. The summed E-state index contributed by atoms with van der Waals surface area (Å²) in [6, 6.07) is 19.2. The van der Waals surface area contributed by atoms with E-state index in [-0.39, 0.29) is 6.61 Å². The first-order valence-electron chi connectivity index (χ1n) is 10.7. The van der Waals surface area contributed by atoms with Gasteiger partial charge in [-0.25, -0.2) is 4.98 Å². The topological polar surface area (TPSA) is 65.7 Å². The number of rotatable bonds is 9. The maximum atomic E-state index is 10.8. The van der Waals surface area contributed by atoms with Gasteiger partial charge in [-0.2, -0.15) is 0 Å². The van der Waals surface area contributed by atoms with Crippen molar-refractivity contribution in [3.63, 3.8) is 0 Å². The summed E-state index contributed by atoms with van der Waals surface area (Å²) in [4.78, 5) is 4.83. The van der Waals surface area contributed by atoms with Crippen LogP contribution in [0.5, 0.6) is 17.2 Å². The van der Waals surface area contributed by atoms with Crippen LogP contribution >= 0.6 is 11.6 Å². The number of ether oxygens (including phenoxy) is 3. The van der Waals surface area contributed by atoms with Crippen molar-refractivity contribution in [3.05, 3.63) is 82.6 Å². The van der Waals surface area contributed by atoms with E-state index in [9.17, 15) is 5.11 Å². The minimum absolute atomic E-state index is 0.158. The number of aromatic nitrogens is 2. The third-order valence-corrected chi connectivity index (χ3v) is 5.74. The molecule has 1 unspecified atom stereocenters. The highest BCUT2D eigenvalue weighted by molar-refractivity contribution is 6.30. The summed E-state index contributed by atoms with van der Waals surface area (Å²) in [7, 11) is 3.24. The van der Waals surface area contributed by atoms with Crippen molar-refractivity contribution in [2.24, 2.45) is 0 Å². The van der Waals surface area contributed by atoms with Gasteiger partial charge in [0.05, 0.1) is 31.8 Å². The lowest BCUT2D eigenvalue weighted by atomic mass is 10.1. The molecule has 0 aliphatic rings. The summed E-state index contributed by atoms with van der Waals surface area (Å²) in [6.07, 6.45) is -0.138. The second-order valence-electron chi connectivity index (χ2n) is 7.87. The normalized spacial score (nSPS) is 12.0. The Kier molecular flexibility index (Phi) is 7.06. The van der Waals surface area contributed by atoms with Crippen molar-refractivity contribution >= 4 is 22.6 Å². The van der Waals surface area contributed by atoms with Crippen LogP contribution in [0.15, 0.2) is 60.7 Å². The van der Waals surface area contributed by atoms with Crippen LogP contribution in [-0.2, 0) is 13.0 Å². The van der Waals surface area contributed by atoms with E-state index < -0.39 is 6.10 Å². The van der Waals surface area contributed by atoms with Crippen LogP contribution in [0.4, 0.5) is 0 Å². The predicted octanol–water partition coefficient (Wildman–Crippen LogP) is 5.05. The number of fused-ring (bicyclic) bond motifs is 1. The summed E-state index contributed by atoms with van der Waals surface area (Å²) < 4.78 is 18.7.